The van der Waals surface area contributed by atoms with Gasteiger partial charge in [0, 0.05) is 37.3 Å². The van der Waals surface area contributed by atoms with Gasteiger partial charge in [0.15, 0.2) is 0 Å². The number of carbonyl (C=O) groups is 1. The number of hydrogen-bond acceptors (Lipinski definition) is 4. The van der Waals surface area contributed by atoms with Gasteiger partial charge in [0.1, 0.15) is 5.82 Å². The number of benzene rings is 1. The molecule has 1 aliphatic rings. The van der Waals surface area contributed by atoms with Crippen LogP contribution in [-0.4, -0.2) is 33.9 Å². The van der Waals surface area contributed by atoms with E-state index in [0.717, 1.165) is 25.1 Å². The first kappa shape index (κ1) is 18.3. The zero-order chi connectivity index (χ0) is 18.5. The molecule has 1 N–H and O–H groups in total. The molecule has 1 fully saturated rings. The fraction of sp³-hybridized carbons (Fsp3) is 0.450. The van der Waals surface area contributed by atoms with Gasteiger partial charge in [-0.1, -0.05) is 19.9 Å². The molecule has 26 heavy (non-hydrogen) atoms. The molecule has 1 aliphatic heterocycles. The Balaban J connectivity index is 1.70. The van der Waals surface area contributed by atoms with E-state index in [1.165, 1.54) is 12.1 Å². The summed E-state index contributed by atoms with van der Waals surface area (Å²) < 4.78 is 13.3. The van der Waals surface area contributed by atoms with Crippen molar-refractivity contribution in [1.82, 2.24) is 14.9 Å². The minimum absolute atomic E-state index is 0.205. The molecule has 0 saturated carbocycles. The van der Waals surface area contributed by atoms with E-state index in [2.05, 4.69) is 29.1 Å². The Morgan fingerprint density at radius 1 is 1.38 bits per heavy atom. The highest BCUT2D eigenvalue weighted by Gasteiger charge is 2.26. The molecule has 2 aromatic rings. The predicted octanol–water partition coefficient (Wildman–Crippen LogP) is 4.11. The molecule has 0 radical (unpaired) electrons. The van der Waals surface area contributed by atoms with Gasteiger partial charge in [0.25, 0.3) is 0 Å². The van der Waals surface area contributed by atoms with Crippen LogP contribution in [0.2, 0.25) is 0 Å². The van der Waals surface area contributed by atoms with Crippen LogP contribution in [0.15, 0.2) is 36.5 Å². The molecule has 1 amide bonds. The zero-order valence-corrected chi connectivity index (χ0v) is 15.3. The number of halogens is 1. The Morgan fingerprint density at radius 2 is 2.23 bits per heavy atom. The number of carbonyl (C=O) groups excluding carboxylic acids is 1. The topological polar surface area (TPSA) is 58.1 Å². The van der Waals surface area contributed by atoms with Crippen molar-refractivity contribution in [3.05, 3.63) is 48.0 Å². The second kappa shape index (κ2) is 8.25. The fourth-order valence-corrected chi connectivity index (χ4v) is 3.28. The van der Waals surface area contributed by atoms with Crippen LogP contribution in [0.1, 0.15) is 44.7 Å². The number of hydrogen-bond donors (Lipinski definition) is 1. The molecule has 1 aromatic carbocycles. The monoisotopic (exact) mass is 356 g/mol. The van der Waals surface area contributed by atoms with Crippen LogP contribution >= 0.6 is 0 Å². The number of nitrogens with one attached hydrogen (secondary N) is 1. The number of amides is 1. The maximum atomic E-state index is 13.3. The van der Waals surface area contributed by atoms with Gasteiger partial charge in [0.2, 0.25) is 11.9 Å². The van der Waals surface area contributed by atoms with E-state index in [-0.39, 0.29) is 17.6 Å². The van der Waals surface area contributed by atoms with Crippen LogP contribution in [0, 0.1) is 11.7 Å². The summed E-state index contributed by atoms with van der Waals surface area (Å²) >= 11 is 0. The summed E-state index contributed by atoms with van der Waals surface area (Å²) in [4.78, 5) is 23.1. The molecular formula is C20H25FN4O. The molecule has 0 aliphatic carbocycles. The second-order valence-corrected chi connectivity index (χ2v) is 7.22. The quantitative estimate of drug-likeness (QED) is 0.876. The minimum Gasteiger partial charge on any atom is -0.342 e. The molecule has 5 nitrogen and oxygen atoms in total. The maximum Gasteiger partial charge on any atom is 0.227 e. The largest absolute Gasteiger partial charge is 0.342 e. The number of aromatic nitrogens is 2. The summed E-state index contributed by atoms with van der Waals surface area (Å²) in [6.45, 7) is 5.64. The average Bonchev–Trinajstić information content (AvgIpc) is 2.61. The highest BCUT2D eigenvalue weighted by Crippen LogP contribution is 2.27. The zero-order valence-electron chi connectivity index (χ0n) is 15.3. The van der Waals surface area contributed by atoms with Gasteiger partial charge in [-0.25, -0.2) is 14.4 Å². The second-order valence-electron chi connectivity index (χ2n) is 7.22. The van der Waals surface area contributed by atoms with E-state index in [1.54, 1.807) is 18.3 Å². The Labute approximate surface area is 153 Å². The van der Waals surface area contributed by atoms with Crippen LogP contribution in [0.3, 0.4) is 0 Å². The van der Waals surface area contributed by atoms with E-state index in [0.29, 0.717) is 30.5 Å². The number of rotatable bonds is 5. The summed E-state index contributed by atoms with van der Waals surface area (Å²) in [7, 11) is 0. The molecule has 2 heterocycles. The van der Waals surface area contributed by atoms with Gasteiger partial charge >= 0.3 is 0 Å². The van der Waals surface area contributed by atoms with Crippen molar-refractivity contribution in [3.63, 3.8) is 0 Å². The van der Waals surface area contributed by atoms with Crippen molar-refractivity contribution in [2.75, 3.05) is 18.4 Å². The van der Waals surface area contributed by atoms with Crippen LogP contribution in [0.5, 0.6) is 0 Å². The Kier molecular flexibility index (Phi) is 5.81. The van der Waals surface area contributed by atoms with E-state index in [1.807, 2.05) is 11.0 Å². The smallest absolute Gasteiger partial charge is 0.227 e. The first-order chi connectivity index (χ1) is 12.5. The van der Waals surface area contributed by atoms with Crippen molar-refractivity contribution in [2.45, 2.75) is 39.0 Å². The van der Waals surface area contributed by atoms with E-state index in [9.17, 15) is 9.18 Å². The van der Waals surface area contributed by atoms with Gasteiger partial charge < -0.3 is 10.2 Å². The lowest BCUT2D eigenvalue weighted by Crippen LogP contribution is -2.39. The van der Waals surface area contributed by atoms with Gasteiger partial charge in [0.05, 0.1) is 5.69 Å². The minimum atomic E-state index is -0.308. The standard InChI is InChI=1S/C20H25FN4O/c1-14(2)11-19(26)25-10-4-5-15(13-25)18-8-9-22-20(24-18)23-17-7-3-6-16(21)12-17/h3,6-9,12,14-15H,4-5,10-11,13H2,1-2H3,(H,22,23,24)/t15-/m1/s1. The molecule has 1 aromatic heterocycles. The first-order valence-corrected chi connectivity index (χ1v) is 9.14. The average molecular weight is 356 g/mol. The molecule has 6 heteroatoms. The lowest BCUT2D eigenvalue weighted by molar-refractivity contribution is -0.133. The third-order valence-electron chi connectivity index (χ3n) is 4.53. The first-order valence-electron chi connectivity index (χ1n) is 9.14. The van der Waals surface area contributed by atoms with Crippen molar-refractivity contribution in [2.24, 2.45) is 5.92 Å². The number of likely N-dealkylation sites (tertiary alicyclic amines) is 1. The van der Waals surface area contributed by atoms with Crippen molar-refractivity contribution >= 4 is 17.5 Å². The van der Waals surface area contributed by atoms with Gasteiger partial charge in [-0.15, -0.1) is 0 Å². The van der Waals surface area contributed by atoms with Crippen molar-refractivity contribution < 1.29 is 9.18 Å². The normalized spacial score (nSPS) is 17.4. The lowest BCUT2D eigenvalue weighted by atomic mass is 9.94. The summed E-state index contributed by atoms with van der Waals surface area (Å²) in [6.07, 6.45) is 4.27. The Bertz CT molecular complexity index is 765. The van der Waals surface area contributed by atoms with Crippen LogP contribution in [-0.2, 0) is 4.79 Å². The van der Waals surface area contributed by atoms with Crippen LogP contribution in [0.4, 0.5) is 16.0 Å². The molecule has 0 unspecified atom stereocenters. The van der Waals surface area contributed by atoms with Crippen LogP contribution < -0.4 is 5.32 Å². The number of nitrogens with zero attached hydrogens (tertiary/aromatic N) is 3. The molecule has 1 atom stereocenters. The summed E-state index contributed by atoms with van der Waals surface area (Å²) in [5.74, 6) is 0.924. The third kappa shape index (κ3) is 4.77. The van der Waals surface area contributed by atoms with E-state index >= 15 is 0 Å². The number of anilines is 2. The van der Waals surface area contributed by atoms with Crippen molar-refractivity contribution in [1.29, 1.82) is 0 Å². The van der Waals surface area contributed by atoms with Gasteiger partial charge in [-0.2, -0.15) is 0 Å². The van der Waals surface area contributed by atoms with E-state index in [4.69, 9.17) is 0 Å². The molecule has 1 saturated heterocycles. The molecule has 138 valence electrons. The fourth-order valence-electron chi connectivity index (χ4n) is 3.28. The number of piperidine rings is 1. The summed E-state index contributed by atoms with van der Waals surface area (Å²) in [5.41, 5.74) is 1.53. The van der Waals surface area contributed by atoms with Gasteiger partial charge in [-0.05, 0) is 43.0 Å². The third-order valence-corrected chi connectivity index (χ3v) is 4.53. The van der Waals surface area contributed by atoms with E-state index < -0.39 is 0 Å². The molecular weight excluding hydrogens is 331 g/mol. The lowest BCUT2D eigenvalue weighted by Gasteiger charge is -2.33. The SMILES string of the molecule is CC(C)CC(=O)N1CCC[C@@H](c2ccnc(Nc3cccc(F)c3)n2)C1. The van der Waals surface area contributed by atoms with Gasteiger partial charge in [-0.3, -0.25) is 4.79 Å². The Hall–Kier alpha value is -2.50. The Morgan fingerprint density at radius 3 is 3.00 bits per heavy atom. The predicted molar refractivity (Wildman–Crippen MR) is 99.7 cm³/mol. The molecule has 3 rings (SSSR count). The highest BCUT2D eigenvalue weighted by atomic mass is 19.1. The molecule has 0 spiro atoms. The summed E-state index contributed by atoms with van der Waals surface area (Å²) in [5, 5.41) is 3.04. The summed E-state index contributed by atoms with van der Waals surface area (Å²) in [6, 6.07) is 8.11. The highest BCUT2D eigenvalue weighted by molar-refractivity contribution is 5.76. The molecule has 0 bridgehead atoms. The maximum absolute atomic E-state index is 13.3. The van der Waals surface area contributed by atoms with Crippen LogP contribution in [0.25, 0.3) is 0 Å². The van der Waals surface area contributed by atoms with Crippen molar-refractivity contribution in [3.8, 4) is 0 Å².